The quantitative estimate of drug-likeness (QED) is 0.342. The molecule has 4 aromatic rings. The largest absolute Gasteiger partial charge is 0.493 e. The van der Waals surface area contributed by atoms with Gasteiger partial charge in [0.2, 0.25) is 0 Å². The molecule has 0 aliphatic carbocycles. The van der Waals surface area contributed by atoms with Gasteiger partial charge in [-0.25, -0.2) is 9.18 Å². The zero-order valence-corrected chi connectivity index (χ0v) is 20.7. The number of ether oxygens (including phenoxy) is 3. The van der Waals surface area contributed by atoms with Gasteiger partial charge in [0.25, 0.3) is 5.91 Å². The summed E-state index contributed by atoms with van der Waals surface area (Å²) in [6, 6.07) is 15.9. The van der Waals surface area contributed by atoms with Crippen molar-refractivity contribution in [2.45, 2.75) is 19.4 Å². The predicted molar refractivity (Wildman–Crippen MR) is 136 cm³/mol. The van der Waals surface area contributed by atoms with Crippen molar-refractivity contribution < 1.29 is 27.8 Å². The monoisotopic (exact) mass is 503 g/mol. The smallest absolute Gasteiger partial charge is 0.336 e. The predicted octanol–water partition coefficient (Wildman–Crippen LogP) is 5.08. The summed E-state index contributed by atoms with van der Waals surface area (Å²) in [7, 11) is 3.12. The number of carbonyl (C=O) groups is 1. The summed E-state index contributed by atoms with van der Waals surface area (Å²) in [6.45, 7) is 2.30. The van der Waals surface area contributed by atoms with Gasteiger partial charge in [-0.3, -0.25) is 4.79 Å². The molecule has 7 nitrogen and oxygen atoms in total. The zero-order valence-electron chi connectivity index (χ0n) is 20.7. The lowest BCUT2D eigenvalue weighted by Gasteiger charge is -2.37. The fourth-order valence-electron chi connectivity index (χ4n) is 4.81. The van der Waals surface area contributed by atoms with Crippen molar-refractivity contribution in [1.29, 1.82) is 0 Å². The van der Waals surface area contributed by atoms with Crippen LogP contribution < -0.4 is 19.8 Å². The number of hydrogen-bond donors (Lipinski definition) is 0. The van der Waals surface area contributed by atoms with Gasteiger partial charge in [0, 0.05) is 24.1 Å². The highest BCUT2D eigenvalue weighted by atomic mass is 19.1. The topological polar surface area (TPSA) is 78.2 Å². The second kappa shape index (κ2) is 9.97. The first kappa shape index (κ1) is 24.4. The number of halogens is 1. The molecule has 0 radical (unpaired) electrons. The van der Waals surface area contributed by atoms with E-state index >= 15 is 0 Å². The van der Waals surface area contributed by atoms with Crippen LogP contribution >= 0.6 is 0 Å². The minimum absolute atomic E-state index is 0.000572. The first-order valence-electron chi connectivity index (χ1n) is 11.9. The van der Waals surface area contributed by atoms with Crippen molar-refractivity contribution in [3.8, 4) is 17.2 Å². The van der Waals surface area contributed by atoms with E-state index < -0.39 is 23.4 Å². The van der Waals surface area contributed by atoms with E-state index in [4.69, 9.17) is 18.6 Å². The molecule has 3 aromatic carbocycles. The van der Waals surface area contributed by atoms with E-state index in [1.165, 1.54) is 18.2 Å². The Labute approximate surface area is 213 Å². The molecule has 1 aliphatic heterocycles. The van der Waals surface area contributed by atoms with Crippen LogP contribution in [0.25, 0.3) is 11.0 Å². The number of nitrogens with zero attached hydrogens (tertiary/aromatic N) is 1. The van der Waals surface area contributed by atoms with E-state index in [9.17, 15) is 14.0 Å². The lowest BCUT2D eigenvalue weighted by atomic mass is 9.91. The molecule has 0 bridgehead atoms. The Morgan fingerprint density at radius 1 is 1.05 bits per heavy atom. The molecule has 0 saturated heterocycles. The van der Waals surface area contributed by atoms with Gasteiger partial charge in [0.05, 0.1) is 25.8 Å². The Morgan fingerprint density at radius 3 is 2.57 bits per heavy atom. The number of methoxy groups -OCH3 is 2. The SMILES string of the molecule is COc1cc2c(cc1OC)[C@@H](COc1ccc3c(C)cc(=O)oc3c1)N(C(=O)c1ccccc1F)CC2. The summed E-state index contributed by atoms with van der Waals surface area (Å²) in [6.07, 6.45) is 0.562. The van der Waals surface area contributed by atoms with Crippen molar-refractivity contribution in [1.82, 2.24) is 4.90 Å². The molecule has 1 aliphatic rings. The van der Waals surface area contributed by atoms with Gasteiger partial charge in [-0.2, -0.15) is 0 Å². The summed E-state index contributed by atoms with van der Waals surface area (Å²) in [5, 5.41) is 0.808. The van der Waals surface area contributed by atoms with Crippen molar-refractivity contribution in [2.24, 2.45) is 0 Å². The summed E-state index contributed by atoms with van der Waals surface area (Å²) in [4.78, 5) is 27.0. The number of amides is 1. The maximum atomic E-state index is 14.5. The van der Waals surface area contributed by atoms with Crippen LogP contribution in [0.2, 0.25) is 0 Å². The van der Waals surface area contributed by atoms with Crippen molar-refractivity contribution >= 4 is 16.9 Å². The summed E-state index contributed by atoms with van der Waals surface area (Å²) < 4.78 is 37.0. The molecular weight excluding hydrogens is 477 g/mol. The molecule has 37 heavy (non-hydrogen) atoms. The molecule has 0 fully saturated rings. The lowest BCUT2D eigenvalue weighted by molar-refractivity contribution is 0.0584. The third-order valence-electron chi connectivity index (χ3n) is 6.70. The van der Waals surface area contributed by atoms with E-state index in [0.717, 1.165) is 22.1 Å². The molecule has 1 amide bonds. The third-order valence-corrected chi connectivity index (χ3v) is 6.70. The molecule has 1 atom stereocenters. The highest BCUT2D eigenvalue weighted by molar-refractivity contribution is 5.95. The zero-order chi connectivity index (χ0) is 26.1. The van der Waals surface area contributed by atoms with Gasteiger partial charge < -0.3 is 23.5 Å². The van der Waals surface area contributed by atoms with Gasteiger partial charge in [-0.15, -0.1) is 0 Å². The van der Waals surface area contributed by atoms with Gasteiger partial charge >= 0.3 is 5.63 Å². The first-order valence-corrected chi connectivity index (χ1v) is 11.9. The molecule has 5 rings (SSSR count). The van der Waals surface area contributed by atoms with Crippen molar-refractivity contribution in [3.05, 3.63) is 99.2 Å². The number of fused-ring (bicyclic) bond motifs is 2. The Kier molecular flexibility index (Phi) is 6.56. The van der Waals surface area contributed by atoms with Gasteiger partial charge in [0.15, 0.2) is 11.5 Å². The number of carbonyl (C=O) groups excluding carboxylic acids is 1. The van der Waals surface area contributed by atoms with Crippen LogP contribution in [0, 0.1) is 12.7 Å². The van der Waals surface area contributed by atoms with Crippen LogP contribution in [0.1, 0.15) is 33.1 Å². The maximum Gasteiger partial charge on any atom is 0.336 e. The molecule has 2 heterocycles. The van der Waals surface area contributed by atoms with E-state index in [0.29, 0.717) is 35.8 Å². The summed E-state index contributed by atoms with van der Waals surface area (Å²) >= 11 is 0. The number of benzene rings is 3. The molecule has 190 valence electrons. The fourth-order valence-corrected chi connectivity index (χ4v) is 4.81. The van der Waals surface area contributed by atoms with Crippen LogP contribution in [-0.4, -0.2) is 38.2 Å². The molecule has 0 saturated carbocycles. The highest BCUT2D eigenvalue weighted by Crippen LogP contribution is 2.39. The van der Waals surface area contributed by atoms with Gasteiger partial charge in [-0.1, -0.05) is 12.1 Å². The third kappa shape index (κ3) is 4.62. The Bertz CT molecular complexity index is 1550. The molecule has 0 N–H and O–H groups in total. The number of hydrogen-bond acceptors (Lipinski definition) is 6. The lowest BCUT2D eigenvalue weighted by Crippen LogP contribution is -2.43. The first-order chi connectivity index (χ1) is 17.9. The average molecular weight is 504 g/mol. The van der Waals surface area contributed by atoms with Gasteiger partial charge in [-0.05, 0) is 66.4 Å². The minimum Gasteiger partial charge on any atom is -0.493 e. The Hall–Kier alpha value is -4.33. The van der Waals surface area contributed by atoms with Crippen molar-refractivity contribution in [3.63, 3.8) is 0 Å². The Balaban J connectivity index is 1.53. The second-order valence-electron chi connectivity index (χ2n) is 8.87. The summed E-state index contributed by atoms with van der Waals surface area (Å²) in [5.74, 6) is 0.591. The van der Waals surface area contributed by atoms with E-state index in [1.807, 2.05) is 25.1 Å². The van der Waals surface area contributed by atoms with Crippen LogP contribution in [0.3, 0.4) is 0 Å². The molecular formula is C29H26FNO6. The normalized spacial score (nSPS) is 14.8. The Morgan fingerprint density at radius 2 is 1.81 bits per heavy atom. The molecule has 8 heteroatoms. The minimum atomic E-state index is -0.579. The average Bonchev–Trinajstić information content (AvgIpc) is 2.90. The molecule has 1 aromatic heterocycles. The highest BCUT2D eigenvalue weighted by Gasteiger charge is 2.34. The van der Waals surface area contributed by atoms with E-state index in [1.54, 1.807) is 43.4 Å². The molecule has 0 spiro atoms. The van der Waals surface area contributed by atoms with E-state index in [-0.39, 0.29) is 12.2 Å². The van der Waals surface area contributed by atoms with Crippen LogP contribution in [0.5, 0.6) is 17.2 Å². The van der Waals surface area contributed by atoms with Gasteiger partial charge in [0.1, 0.15) is 23.8 Å². The fraction of sp³-hybridized carbons (Fsp3) is 0.241. The number of aryl methyl sites for hydroxylation is 1. The van der Waals surface area contributed by atoms with Crippen molar-refractivity contribution in [2.75, 3.05) is 27.4 Å². The van der Waals surface area contributed by atoms with Crippen LogP contribution in [0.4, 0.5) is 4.39 Å². The second-order valence-corrected chi connectivity index (χ2v) is 8.87. The summed E-state index contributed by atoms with van der Waals surface area (Å²) in [5.41, 5.74) is 2.60. The molecule has 0 unspecified atom stereocenters. The standard InChI is InChI=1S/C29H26FNO6/c1-17-12-28(32)37-25-14-19(8-9-20(17)25)36-16-24-22-15-27(35-3)26(34-2)13-18(22)10-11-31(24)29(33)21-6-4-5-7-23(21)30/h4-9,12-15,24H,10-11,16H2,1-3H3/t24-/m1/s1. The van der Waals surface area contributed by atoms with Crippen LogP contribution in [-0.2, 0) is 6.42 Å². The number of rotatable bonds is 6. The maximum absolute atomic E-state index is 14.5. The van der Waals surface area contributed by atoms with Crippen LogP contribution in [0.15, 0.2) is 69.9 Å². The van der Waals surface area contributed by atoms with E-state index in [2.05, 4.69) is 0 Å².